The SMILES string of the molecule is CC1(C)c2ccccc2-c2cc(N(c3ccccc3)c3cccc4c3[C@]3(CCc5cccc(N(c6ccccc6)c6ccccc6)c53)CC4)ccc21. The van der Waals surface area contributed by atoms with Gasteiger partial charge in [-0.3, -0.25) is 0 Å². The molecule has 0 aliphatic heterocycles. The Morgan fingerprint density at radius 3 is 1.40 bits per heavy atom. The molecule has 7 aromatic carbocycles. The lowest BCUT2D eigenvalue weighted by molar-refractivity contribution is 0.508. The minimum Gasteiger partial charge on any atom is -0.310 e. The van der Waals surface area contributed by atoms with Crippen molar-refractivity contribution in [1.82, 2.24) is 0 Å². The largest absolute Gasteiger partial charge is 0.310 e. The second-order valence-corrected chi connectivity index (χ2v) is 15.3. The highest BCUT2D eigenvalue weighted by Gasteiger charge is 2.49. The van der Waals surface area contributed by atoms with Crippen LogP contribution >= 0.6 is 0 Å². The number of aryl methyl sites for hydroxylation is 2. The molecule has 0 N–H and O–H groups in total. The van der Waals surface area contributed by atoms with Gasteiger partial charge in [-0.05, 0) is 131 Å². The number of hydrogen-bond donors (Lipinski definition) is 0. The van der Waals surface area contributed by atoms with Crippen LogP contribution in [0.3, 0.4) is 0 Å². The smallest absolute Gasteiger partial charge is 0.0505 e. The quantitative estimate of drug-likeness (QED) is 0.174. The highest BCUT2D eigenvalue weighted by molar-refractivity contribution is 5.89. The molecule has 7 aromatic rings. The lowest BCUT2D eigenvalue weighted by atomic mass is 9.74. The monoisotopic (exact) mass is 670 g/mol. The van der Waals surface area contributed by atoms with Gasteiger partial charge < -0.3 is 9.80 Å². The van der Waals surface area contributed by atoms with Crippen molar-refractivity contribution in [3.8, 4) is 11.1 Å². The van der Waals surface area contributed by atoms with E-state index >= 15 is 0 Å². The summed E-state index contributed by atoms with van der Waals surface area (Å²) in [6.07, 6.45) is 4.36. The van der Waals surface area contributed by atoms with Crippen LogP contribution in [-0.4, -0.2) is 0 Å². The van der Waals surface area contributed by atoms with Crippen molar-refractivity contribution in [3.05, 3.63) is 203 Å². The first-order chi connectivity index (χ1) is 25.5. The average molecular weight is 671 g/mol. The first kappa shape index (κ1) is 30.9. The van der Waals surface area contributed by atoms with E-state index in [-0.39, 0.29) is 10.8 Å². The van der Waals surface area contributed by atoms with Crippen LogP contribution in [0.5, 0.6) is 0 Å². The number of anilines is 6. The fraction of sp³-hybridized carbons (Fsp3) is 0.160. The molecule has 0 saturated carbocycles. The fourth-order valence-corrected chi connectivity index (χ4v) is 9.95. The van der Waals surface area contributed by atoms with E-state index in [0.29, 0.717) is 0 Å². The summed E-state index contributed by atoms with van der Waals surface area (Å²) in [6, 6.07) is 63.1. The summed E-state index contributed by atoms with van der Waals surface area (Å²) in [4.78, 5) is 5.04. The number of hydrogen-bond acceptors (Lipinski definition) is 2. The molecule has 1 spiro atoms. The van der Waals surface area contributed by atoms with Crippen LogP contribution in [0.15, 0.2) is 170 Å². The Bertz CT molecular complexity index is 2400. The van der Waals surface area contributed by atoms with Crippen LogP contribution in [0.1, 0.15) is 60.1 Å². The van der Waals surface area contributed by atoms with E-state index in [4.69, 9.17) is 0 Å². The summed E-state index contributed by atoms with van der Waals surface area (Å²) >= 11 is 0. The molecule has 0 amide bonds. The molecule has 2 nitrogen and oxygen atoms in total. The molecule has 0 unspecified atom stereocenters. The third kappa shape index (κ3) is 4.57. The van der Waals surface area contributed by atoms with Crippen molar-refractivity contribution in [2.75, 3.05) is 9.80 Å². The third-order valence-electron chi connectivity index (χ3n) is 12.2. The zero-order chi connectivity index (χ0) is 34.9. The van der Waals surface area contributed by atoms with Gasteiger partial charge in [0.05, 0.1) is 11.4 Å². The van der Waals surface area contributed by atoms with Gasteiger partial charge in [-0.15, -0.1) is 0 Å². The summed E-state index contributed by atoms with van der Waals surface area (Å²) in [7, 11) is 0. The van der Waals surface area contributed by atoms with E-state index in [0.717, 1.165) is 25.7 Å². The Balaban J connectivity index is 1.20. The molecule has 0 bridgehead atoms. The third-order valence-corrected chi connectivity index (χ3v) is 12.2. The van der Waals surface area contributed by atoms with E-state index in [1.807, 2.05) is 0 Å². The molecular weight excluding hydrogens is 629 g/mol. The Kier molecular flexibility index (Phi) is 7.05. The van der Waals surface area contributed by atoms with Crippen molar-refractivity contribution in [3.63, 3.8) is 0 Å². The predicted octanol–water partition coefficient (Wildman–Crippen LogP) is 13.1. The van der Waals surface area contributed by atoms with E-state index in [1.165, 1.54) is 78.6 Å². The van der Waals surface area contributed by atoms with Crippen molar-refractivity contribution < 1.29 is 0 Å². The highest BCUT2D eigenvalue weighted by atomic mass is 15.2. The molecule has 0 heterocycles. The van der Waals surface area contributed by atoms with Crippen LogP contribution in [0, 0.1) is 0 Å². The number of benzene rings is 7. The molecule has 0 radical (unpaired) electrons. The van der Waals surface area contributed by atoms with E-state index in [2.05, 4.69) is 194 Å². The zero-order valence-corrected chi connectivity index (χ0v) is 29.9. The van der Waals surface area contributed by atoms with Crippen LogP contribution in [-0.2, 0) is 23.7 Å². The maximum absolute atomic E-state index is 2.55. The lowest BCUT2D eigenvalue weighted by Gasteiger charge is -2.37. The highest BCUT2D eigenvalue weighted by Crippen LogP contribution is 2.60. The second kappa shape index (κ2) is 11.9. The van der Waals surface area contributed by atoms with Crippen LogP contribution in [0.25, 0.3) is 11.1 Å². The maximum atomic E-state index is 2.55. The van der Waals surface area contributed by atoms with Crippen molar-refractivity contribution >= 4 is 34.1 Å². The molecule has 3 aliphatic carbocycles. The molecule has 252 valence electrons. The zero-order valence-electron chi connectivity index (χ0n) is 29.9. The number of rotatable bonds is 6. The van der Waals surface area contributed by atoms with Crippen LogP contribution in [0.2, 0.25) is 0 Å². The standard InChI is InChI=1S/C50H42N2/c1-49(2)43-25-13-12-24-41(43)42-34-40(28-29-44(42)49)52(39-22-10-5-11-23-39)46-27-15-17-36-31-33-50(48(36)46)32-30-35-16-14-26-45(47(35)50)51(37-18-6-3-7-19-37)38-20-8-4-9-21-38/h3-29,34H,30-33H2,1-2H3/t50-/m1/s1. The minimum atomic E-state index is -0.113. The molecule has 0 saturated heterocycles. The Morgan fingerprint density at radius 2 is 0.865 bits per heavy atom. The molecule has 0 fully saturated rings. The summed E-state index contributed by atoms with van der Waals surface area (Å²) in [5.74, 6) is 0. The number of para-hydroxylation sites is 3. The van der Waals surface area contributed by atoms with Gasteiger partial charge in [0.2, 0.25) is 0 Å². The molecule has 1 atom stereocenters. The Hall–Kier alpha value is -5.86. The van der Waals surface area contributed by atoms with E-state index in [1.54, 1.807) is 0 Å². The van der Waals surface area contributed by atoms with Gasteiger partial charge in [0.15, 0.2) is 0 Å². The van der Waals surface area contributed by atoms with Gasteiger partial charge in [0, 0.05) is 33.6 Å². The van der Waals surface area contributed by atoms with Gasteiger partial charge >= 0.3 is 0 Å². The molecule has 10 rings (SSSR count). The van der Waals surface area contributed by atoms with E-state index < -0.39 is 0 Å². The van der Waals surface area contributed by atoms with Gasteiger partial charge in [-0.2, -0.15) is 0 Å². The summed E-state index contributed by atoms with van der Waals surface area (Å²) < 4.78 is 0. The molecule has 2 heteroatoms. The second-order valence-electron chi connectivity index (χ2n) is 15.3. The Labute approximate surface area is 307 Å². The first-order valence-electron chi connectivity index (χ1n) is 18.8. The fourth-order valence-electron chi connectivity index (χ4n) is 9.95. The molecule has 0 aromatic heterocycles. The van der Waals surface area contributed by atoms with Crippen molar-refractivity contribution in [2.45, 2.75) is 50.4 Å². The first-order valence-corrected chi connectivity index (χ1v) is 18.8. The maximum Gasteiger partial charge on any atom is 0.0505 e. The molecule has 52 heavy (non-hydrogen) atoms. The topological polar surface area (TPSA) is 6.48 Å². The van der Waals surface area contributed by atoms with Gasteiger partial charge in [0.25, 0.3) is 0 Å². The Morgan fingerprint density at radius 1 is 0.404 bits per heavy atom. The van der Waals surface area contributed by atoms with Crippen molar-refractivity contribution in [2.24, 2.45) is 0 Å². The average Bonchev–Trinajstić information content (AvgIpc) is 3.84. The van der Waals surface area contributed by atoms with Crippen LogP contribution < -0.4 is 9.80 Å². The number of nitrogens with zero attached hydrogens (tertiary/aromatic N) is 2. The normalized spacial score (nSPS) is 17.3. The van der Waals surface area contributed by atoms with Gasteiger partial charge in [-0.25, -0.2) is 0 Å². The van der Waals surface area contributed by atoms with Crippen molar-refractivity contribution in [1.29, 1.82) is 0 Å². The van der Waals surface area contributed by atoms with Gasteiger partial charge in [-0.1, -0.05) is 123 Å². The predicted molar refractivity (Wildman–Crippen MR) is 217 cm³/mol. The summed E-state index contributed by atoms with van der Waals surface area (Å²) in [6.45, 7) is 4.73. The summed E-state index contributed by atoms with van der Waals surface area (Å²) in [5, 5.41) is 0. The van der Waals surface area contributed by atoms with Gasteiger partial charge in [0.1, 0.15) is 0 Å². The minimum absolute atomic E-state index is 0.0343. The summed E-state index contributed by atoms with van der Waals surface area (Å²) in [5.41, 5.74) is 18.6. The molecular formula is C50H42N2. The van der Waals surface area contributed by atoms with Crippen LogP contribution in [0.4, 0.5) is 34.1 Å². The lowest BCUT2D eigenvalue weighted by Crippen LogP contribution is -2.27. The van der Waals surface area contributed by atoms with E-state index in [9.17, 15) is 0 Å². The number of fused-ring (bicyclic) bond motifs is 7. The molecule has 3 aliphatic rings.